The normalized spacial score (nSPS) is 10.3. The van der Waals surface area contributed by atoms with Gasteiger partial charge < -0.3 is 5.32 Å². The summed E-state index contributed by atoms with van der Waals surface area (Å²) in [6, 6.07) is 9.65. The Kier molecular flexibility index (Phi) is 5.54. The molecule has 8 heteroatoms. The summed E-state index contributed by atoms with van der Waals surface area (Å²) in [6.07, 6.45) is 0. The van der Waals surface area contributed by atoms with Gasteiger partial charge in [0.2, 0.25) is 11.7 Å². The molecule has 0 spiro atoms. The topological polar surface area (TPSA) is 89.3 Å². The van der Waals surface area contributed by atoms with E-state index in [1.807, 2.05) is 0 Å². The molecule has 0 radical (unpaired) electrons. The SMILES string of the molecule is CC(=O)Nc1ccc(-c2ccc(C(=O)C[N+](=O)[O-])c(Cl)c2)cc1Cl. The quantitative estimate of drug-likeness (QED) is 0.490. The van der Waals surface area contributed by atoms with Gasteiger partial charge in [0.05, 0.1) is 15.7 Å². The van der Waals surface area contributed by atoms with E-state index >= 15 is 0 Å². The summed E-state index contributed by atoms with van der Waals surface area (Å²) < 4.78 is 0. The minimum Gasteiger partial charge on any atom is -0.325 e. The number of nitrogens with one attached hydrogen (secondary N) is 1. The summed E-state index contributed by atoms with van der Waals surface area (Å²) in [6.45, 7) is 0.570. The van der Waals surface area contributed by atoms with Gasteiger partial charge in [-0.15, -0.1) is 0 Å². The van der Waals surface area contributed by atoms with Crippen molar-refractivity contribution in [3.8, 4) is 11.1 Å². The molecule has 124 valence electrons. The molecule has 0 fully saturated rings. The van der Waals surface area contributed by atoms with E-state index in [0.29, 0.717) is 16.3 Å². The number of anilines is 1. The first kappa shape index (κ1) is 17.9. The van der Waals surface area contributed by atoms with E-state index in [-0.39, 0.29) is 16.5 Å². The molecule has 0 aliphatic carbocycles. The van der Waals surface area contributed by atoms with E-state index in [0.717, 1.165) is 5.56 Å². The van der Waals surface area contributed by atoms with Crippen LogP contribution in [0.25, 0.3) is 11.1 Å². The Hall–Kier alpha value is -2.44. The lowest BCUT2D eigenvalue weighted by molar-refractivity contribution is -0.465. The number of halogens is 2. The predicted octanol–water partition coefficient (Wildman–Crippen LogP) is 4.08. The number of rotatable bonds is 5. The molecule has 0 bridgehead atoms. The van der Waals surface area contributed by atoms with Gasteiger partial charge in [0.25, 0.3) is 6.54 Å². The molecule has 0 unspecified atom stereocenters. The van der Waals surface area contributed by atoms with Crippen LogP contribution in [0.1, 0.15) is 17.3 Å². The van der Waals surface area contributed by atoms with Crippen molar-refractivity contribution in [3.05, 3.63) is 62.1 Å². The second kappa shape index (κ2) is 7.42. The number of carbonyl (C=O) groups excluding carboxylic acids is 2. The van der Waals surface area contributed by atoms with Gasteiger partial charge in [-0.1, -0.05) is 35.3 Å². The van der Waals surface area contributed by atoms with Crippen LogP contribution in [0.4, 0.5) is 5.69 Å². The highest BCUT2D eigenvalue weighted by atomic mass is 35.5. The Balaban J connectivity index is 2.32. The number of nitro groups is 1. The summed E-state index contributed by atoms with van der Waals surface area (Å²) in [7, 11) is 0. The highest BCUT2D eigenvalue weighted by Crippen LogP contribution is 2.31. The number of hydrogen-bond acceptors (Lipinski definition) is 4. The molecule has 0 aliphatic rings. The molecular formula is C16H12Cl2N2O4. The highest BCUT2D eigenvalue weighted by Gasteiger charge is 2.16. The summed E-state index contributed by atoms with van der Waals surface area (Å²) in [5.74, 6) is -0.892. The molecule has 24 heavy (non-hydrogen) atoms. The summed E-state index contributed by atoms with van der Waals surface area (Å²) in [4.78, 5) is 32.5. The largest absolute Gasteiger partial charge is 0.325 e. The van der Waals surface area contributed by atoms with Crippen LogP contribution in [-0.4, -0.2) is 23.2 Å². The molecule has 0 atom stereocenters. The molecule has 0 saturated heterocycles. The van der Waals surface area contributed by atoms with Gasteiger partial charge in [0.1, 0.15) is 0 Å². The van der Waals surface area contributed by atoms with Crippen molar-refractivity contribution in [1.82, 2.24) is 0 Å². The lowest BCUT2D eigenvalue weighted by Gasteiger charge is -2.09. The van der Waals surface area contributed by atoms with Crippen molar-refractivity contribution in [2.45, 2.75) is 6.92 Å². The minimum absolute atomic E-state index is 0.0954. The van der Waals surface area contributed by atoms with Crippen molar-refractivity contribution in [2.24, 2.45) is 0 Å². The average molecular weight is 367 g/mol. The van der Waals surface area contributed by atoms with Crippen LogP contribution in [0.5, 0.6) is 0 Å². The van der Waals surface area contributed by atoms with Gasteiger partial charge in [-0.05, 0) is 35.4 Å². The molecule has 2 aromatic rings. The zero-order chi connectivity index (χ0) is 17.9. The van der Waals surface area contributed by atoms with Crippen LogP contribution in [0.15, 0.2) is 36.4 Å². The van der Waals surface area contributed by atoms with Crippen LogP contribution >= 0.6 is 23.2 Å². The standard InChI is InChI=1S/C16H12Cl2N2O4/c1-9(21)19-15-5-3-11(7-14(15)18)10-2-4-12(13(17)6-10)16(22)8-20(23)24/h2-7H,8H2,1H3,(H,19,21). The van der Waals surface area contributed by atoms with Gasteiger partial charge in [0, 0.05) is 17.4 Å². The summed E-state index contributed by atoms with van der Waals surface area (Å²) in [5.41, 5.74) is 1.99. The maximum atomic E-state index is 11.7. The predicted molar refractivity (Wildman–Crippen MR) is 92.4 cm³/mol. The molecule has 0 aliphatic heterocycles. The molecule has 1 N–H and O–H groups in total. The van der Waals surface area contributed by atoms with Crippen molar-refractivity contribution >= 4 is 40.6 Å². The maximum Gasteiger partial charge on any atom is 0.265 e. The van der Waals surface area contributed by atoms with Crippen molar-refractivity contribution < 1.29 is 14.5 Å². The number of ketones is 1. The van der Waals surface area contributed by atoms with Gasteiger partial charge in [-0.2, -0.15) is 0 Å². The Morgan fingerprint density at radius 3 is 2.17 bits per heavy atom. The Bertz CT molecular complexity index is 837. The minimum atomic E-state index is -0.809. The Labute approximate surface area is 147 Å². The van der Waals surface area contributed by atoms with Crippen LogP contribution in [0.2, 0.25) is 10.0 Å². The van der Waals surface area contributed by atoms with Crippen molar-refractivity contribution in [2.75, 3.05) is 11.9 Å². The lowest BCUT2D eigenvalue weighted by Crippen LogP contribution is -2.14. The van der Waals surface area contributed by atoms with E-state index < -0.39 is 17.3 Å². The Morgan fingerprint density at radius 2 is 1.67 bits per heavy atom. The first-order valence-electron chi connectivity index (χ1n) is 6.80. The van der Waals surface area contributed by atoms with Crippen LogP contribution in [-0.2, 0) is 4.79 Å². The van der Waals surface area contributed by atoms with Crippen molar-refractivity contribution in [3.63, 3.8) is 0 Å². The van der Waals surface area contributed by atoms with E-state index in [9.17, 15) is 19.7 Å². The first-order chi connectivity index (χ1) is 11.3. The van der Waals surface area contributed by atoms with E-state index in [4.69, 9.17) is 23.2 Å². The van der Waals surface area contributed by atoms with Gasteiger partial charge in [-0.3, -0.25) is 19.7 Å². The second-order valence-corrected chi connectivity index (χ2v) is 5.80. The molecular weight excluding hydrogens is 355 g/mol. The van der Waals surface area contributed by atoms with Gasteiger partial charge >= 0.3 is 0 Å². The smallest absolute Gasteiger partial charge is 0.265 e. The fourth-order valence-electron chi connectivity index (χ4n) is 2.11. The summed E-state index contributed by atoms with van der Waals surface area (Å²) >= 11 is 12.2. The fraction of sp³-hybridized carbons (Fsp3) is 0.125. The number of benzene rings is 2. The monoisotopic (exact) mass is 366 g/mol. The third-order valence-electron chi connectivity index (χ3n) is 3.16. The number of Topliss-reactive ketones (excluding diaryl/α,β-unsaturated/α-hetero) is 1. The maximum absolute atomic E-state index is 11.7. The molecule has 0 heterocycles. The Morgan fingerprint density at radius 1 is 1.08 bits per heavy atom. The second-order valence-electron chi connectivity index (χ2n) is 4.98. The average Bonchev–Trinajstić information content (AvgIpc) is 2.48. The fourth-order valence-corrected chi connectivity index (χ4v) is 2.62. The van der Waals surface area contributed by atoms with Crippen LogP contribution < -0.4 is 5.32 Å². The van der Waals surface area contributed by atoms with Crippen LogP contribution in [0, 0.1) is 10.1 Å². The number of nitrogens with zero attached hydrogens (tertiary/aromatic N) is 1. The molecule has 2 rings (SSSR count). The first-order valence-corrected chi connectivity index (χ1v) is 7.55. The molecule has 0 aromatic heterocycles. The third kappa shape index (κ3) is 4.31. The molecule has 2 aromatic carbocycles. The number of hydrogen-bond donors (Lipinski definition) is 1. The number of amides is 1. The lowest BCUT2D eigenvalue weighted by atomic mass is 10.0. The van der Waals surface area contributed by atoms with E-state index in [1.54, 1.807) is 30.3 Å². The van der Waals surface area contributed by atoms with Gasteiger partial charge in [0.15, 0.2) is 0 Å². The molecule has 1 amide bonds. The zero-order valence-corrected chi connectivity index (χ0v) is 14.0. The zero-order valence-electron chi connectivity index (χ0n) is 12.5. The van der Waals surface area contributed by atoms with E-state index in [1.165, 1.54) is 13.0 Å². The van der Waals surface area contributed by atoms with Crippen LogP contribution in [0.3, 0.4) is 0 Å². The third-order valence-corrected chi connectivity index (χ3v) is 3.78. The van der Waals surface area contributed by atoms with Crippen molar-refractivity contribution in [1.29, 1.82) is 0 Å². The highest BCUT2D eigenvalue weighted by molar-refractivity contribution is 6.35. The van der Waals surface area contributed by atoms with Gasteiger partial charge in [-0.25, -0.2) is 0 Å². The van der Waals surface area contributed by atoms with E-state index in [2.05, 4.69) is 5.32 Å². The summed E-state index contributed by atoms with van der Waals surface area (Å²) in [5, 5.41) is 13.5. The molecule has 0 saturated carbocycles. The number of carbonyl (C=O) groups is 2. The molecule has 6 nitrogen and oxygen atoms in total.